The van der Waals surface area contributed by atoms with E-state index in [4.69, 9.17) is 11.0 Å². The summed E-state index contributed by atoms with van der Waals surface area (Å²) in [5.74, 6) is -2.20. The van der Waals surface area contributed by atoms with Gasteiger partial charge in [0, 0.05) is 19.8 Å². The Morgan fingerprint density at radius 3 is 2.33 bits per heavy atom. The molecule has 0 unspecified atom stereocenters. The molecule has 0 radical (unpaired) electrons. The molecule has 128 valence electrons. The minimum atomic E-state index is -0.998. The summed E-state index contributed by atoms with van der Waals surface area (Å²) in [6.07, 6.45) is 0.257. The van der Waals surface area contributed by atoms with Crippen LogP contribution in [0.2, 0.25) is 0 Å². The Bertz CT molecular complexity index is 640. The van der Waals surface area contributed by atoms with Crippen LogP contribution in [0.25, 0.3) is 0 Å². The van der Waals surface area contributed by atoms with Gasteiger partial charge in [-0.1, -0.05) is 12.1 Å². The molecule has 1 rings (SSSR count). The molecule has 1 aromatic carbocycles. The number of carbonyl (C=O) groups is 3. The molecule has 4 N–H and O–H groups in total. The van der Waals surface area contributed by atoms with Gasteiger partial charge < -0.3 is 16.4 Å². The van der Waals surface area contributed by atoms with Crippen LogP contribution in [-0.2, 0) is 20.8 Å². The van der Waals surface area contributed by atoms with Gasteiger partial charge >= 0.3 is 0 Å². The highest BCUT2D eigenvalue weighted by atomic mass is 19.1. The van der Waals surface area contributed by atoms with Crippen LogP contribution in [0.5, 0.6) is 0 Å². The molecular weight excluding hydrogens is 315 g/mol. The number of benzene rings is 1. The van der Waals surface area contributed by atoms with Gasteiger partial charge in [0.2, 0.25) is 17.7 Å². The maximum atomic E-state index is 12.9. The third-order valence-corrected chi connectivity index (χ3v) is 3.25. The second kappa shape index (κ2) is 9.25. The highest BCUT2D eigenvalue weighted by Gasteiger charge is 2.25. The number of hydrogen-bond acceptors (Lipinski definition) is 4. The van der Waals surface area contributed by atoms with Crippen molar-refractivity contribution in [2.24, 2.45) is 5.73 Å². The maximum absolute atomic E-state index is 12.9. The normalized spacial score (nSPS) is 12.5. The Morgan fingerprint density at radius 1 is 1.21 bits per heavy atom. The Hall–Kier alpha value is -2.95. The lowest BCUT2D eigenvalue weighted by Gasteiger charge is -2.21. The van der Waals surface area contributed by atoms with Crippen LogP contribution in [0.3, 0.4) is 0 Å². The van der Waals surface area contributed by atoms with Gasteiger partial charge in [0.25, 0.3) is 0 Å². The van der Waals surface area contributed by atoms with Crippen LogP contribution in [0.15, 0.2) is 24.3 Å². The Balaban J connectivity index is 2.83. The molecule has 0 aliphatic heterocycles. The fraction of sp³-hybridized carbons (Fsp3) is 0.375. The Kier molecular flexibility index (Phi) is 7.36. The predicted molar refractivity (Wildman–Crippen MR) is 83.7 cm³/mol. The van der Waals surface area contributed by atoms with Crippen LogP contribution in [0, 0.1) is 17.1 Å². The summed E-state index contributed by atoms with van der Waals surface area (Å²) in [4.78, 5) is 35.0. The number of nitrogens with two attached hydrogens (primary N) is 1. The van der Waals surface area contributed by atoms with Crippen molar-refractivity contribution < 1.29 is 18.8 Å². The van der Waals surface area contributed by atoms with Gasteiger partial charge in [0.15, 0.2) is 0 Å². The molecule has 0 bridgehead atoms. The average Bonchev–Trinajstić information content (AvgIpc) is 2.52. The summed E-state index contributed by atoms with van der Waals surface area (Å²) in [6, 6.07) is 5.41. The van der Waals surface area contributed by atoms with Crippen LogP contribution in [0.4, 0.5) is 4.39 Å². The van der Waals surface area contributed by atoms with E-state index in [1.165, 1.54) is 31.2 Å². The summed E-state index contributed by atoms with van der Waals surface area (Å²) in [7, 11) is 0. The van der Waals surface area contributed by atoms with Crippen LogP contribution in [-0.4, -0.2) is 29.8 Å². The van der Waals surface area contributed by atoms with E-state index in [9.17, 15) is 18.8 Å². The van der Waals surface area contributed by atoms with Crippen molar-refractivity contribution in [3.8, 4) is 6.07 Å². The molecule has 0 heterocycles. The van der Waals surface area contributed by atoms with Crippen molar-refractivity contribution >= 4 is 17.7 Å². The monoisotopic (exact) mass is 334 g/mol. The lowest BCUT2D eigenvalue weighted by Crippen LogP contribution is -2.53. The van der Waals surface area contributed by atoms with Crippen molar-refractivity contribution in [2.45, 2.75) is 38.3 Å². The van der Waals surface area contributed by atoms with Gasteiger partial charge in [-0.25, -0.2) is 4.39 Å². The van der Waals surface area contributed by atoms with E-state index in [1.54, 1.807) is 0 Å². The van der Waals surface area contributed by atoms with Crippen LogP contribution in [0.1, 0.15) is 25.3 Å². The van der Waals surface area contributed by atoms with Crippen molar-refractivity contribution in [1.82, 2.24) is 10.6 Å². The molecule has 3 amide bonds. The smallest absolute Gasteiger partial charge is 0.243 e. The van der Waals surface area contributed by atoms with Gasteiger partial charge in [0.1, 0.15) is 17.9 Å². The maximum Gasteiger partial charge on any atom is 0.243 e. The number of carbonyl (C=O) groups excluding carboxylic acids is 3. The molecule has 8 heteroatoms. The number of hydrogen-bond donors (Lipinski definition) is 3. The average molecular weight is 334 g/mol. The molecule has 2 atom stereocenters. The number of rotatable bonds is 8. The SMILES string of the molecule is CC(=O)N[C@@H](Cc1ccc(F)cc1)C(=O)N[C@H](CCC#N)C(N)=O. The standard InChI is InChI=1S/C16H19FN4O3/c1-10(22)20-14(9-11-4-6-12(17)7-5-11)16(24)21-13(15(19)23)3-2-8-18/h4-7,13-14H,2-3,9H2,1H3,(H2,19,23)(H,20,22)(H,21,24)/t13-,14+/m1/s1. The summed E-state index contributed by atoms with van der Waals surface area (Å²) in [5, 5.41) is 13.5. The predicted octanol–water partition coefficient (Wildman–Crippen LogP) is 0.147. The van der Waals surface area contributed by atoms with Gasteiger partial charge in [-0.05, 0) is 24.1 Å². The summed E-state index contributed by atoms with van der Waals surface area (Å²) < 4.78 is 12.9. The van der Waals surface area contributed by atoms with Gasteiger partial charge in [0.05, 0.1) is 6.07 Å². The summed E-state index contributed by atoms with van der Waals surface area (Å²) >= 11 is 0. The van der Waals surface area contributed by atoms with Crippen LogP contribution < -0.4 is 16.4 Å². The second-order valence-corrected chi connectivity index (χ2v) is 5.24. The molecule has 0 fully saturated rings. The molecule has 0 aliphatic carbocycles. The molecular formula is C16H19FN4O3. The highest BCUT2D eigenvalue weighted by molar-refractivity contribution is 5.91. The van der Waals surface area contributed by atoms with E-state index in [0.717, 1.165) is 0 Å². The third-order valence-electron chi connectivity index (χ3n) is 3.25. The topological polar surface area (TPSA) is 125 Å². The number of nitrogens with zero attached hydrogens (tertiary/aromatic N) is 1. The molecule has 0 saturated heterocycles. The Morgan fingerprint density at radius 2 is 1.83 bits per heavy atom. The summed E-state index contributed by atoms with van der Waals surface area (Å²) in [6.45, 7) is 1.26. The van der Waals surface area contributed by atoms with Crippen molar-refractivity contribution in [2.75, 3.05) is 0 Å². The zero-order chi connectivity index (χ0) is 18.1. The first-order valence-corrected chi connectivity index (χ1v) is 7.31. The first-order chi connectivity index (χ1) is 11.3. The largest absolute Gasteiger partial charge is 0.368 e. The van der Waals surface area contributed by atoms with E-state index in [-0.39, 0.29) is 19.3 Å². The van der Waals surface area contributed by atoms with Gasteiger partial charge in [-0.15, -0.1) is 0 Å². The molecule has 24 heavy (non-hydrogen) atoms. The number of halogens is 1. The summed E-state index contributed by atoms with van der Waals surface area (Å²) in [5.41, 5.74) is 5.84. The lowest BCUT2D eigenvalue weighted by molar-refractivity contribution is -0.130. The van der Waals surface area contributed by atoms with E-state index >= 15 is 0 Å². The van der Waals surface area contributed by atoms with E-state index in [0.29, 0.717) is 5.56 Å². The first kappa shape index (κ1) is 19.1. The van der Waals surface area contributed by atoms with E-state index < -0.39 is 35.6 Å². The minimum Gasteiger partial charge on any atom is -0.368 e. The van der Waals surface area contributed by atoms with Crippen LogP contribution >= 0.6 is 0 Å². The molecule has 0 aromatic heterocycles. The third kappa shape index (κ3) is 6.44. The van der Waals surface area contributed by atoms with E-state index in [1.807, 2.05) is 6.07 Å². The molecule has 1 aromatic rings. The fourth-order valence-electron chi connectivity index (χ4n) is 2.08. The van der Waals surface area contributed by atoms with Crippen molar-refractivity contribution in [3.05, 3.63) is 35.6 Å². The van der Waals surface area contributed by atoms with Crippen molar-refractivity contribution in [3.63, 3.8) is 0 Å². The number of nitriles is 1. The lowest BCUT2D eigenvalue weighted by atomic mass is 10.0. The quantitative estimate of drug-likeness (QED) is 0.625. The van der Waals surface area contributed by atoms with Gasteiger partial charge in [-0.2, -0.15) is 5.26 Å². The number of nitrogens with one attached hydrogen (secondary N) is 2. The number of amides is 3. The van der Waals surface area contributed by atoms with Crippen molar-refractivity contribution in [1.29, 1.82) is 5.26 Å². The molecule has 7 nitrogen and oxygen atoms in total. The fourth-order valence-corrected chi connectivity index (χ4v) is 2.08. The highest BCUT2D eigenvalue weighted by Crippen LogP contribution is 2.07. The molecule has 0 saturated carbocycles. The van der Waals surface area contributed by atoms with Gasteiger partial charge in [-0.3, -0.25) is 14.4 Å². The first-order valence-electron chi connectivity index (χ1n) is 7.31. The Labute approximate surface area is 139 Å². The van der Waals surface area contributed by atoms with E-state index in [2.05, 4.69) is 10.6 Å². The molecule has 0 spiro atoms. The minimum absolute atomic E-state index is 0.0522. The molecule has 0 aliphatic rings. The number of primary amides is 1. The zero-order valence-corrected chi connectivity index (χ0v) is 13.2. The second-order valence-electron chi connectivity index (χ2n) is 5.24. The zero-order valence-electron chi connectivity index (χ0n) is 13.2.